The van der Waals surface area contributed by atoms with Crippen LogP contribution in [0.3, 0.4) is 0 Å². The fourth-order valence-electron chi connectivity index (χ4n) is 2.44. The van der Waals surface area contributed by atoms with E-state index in [9.17, 15) is 4.79 Å². The molecule has 5 heteroatoms. The third kappa shape index (κ3) is 3.95. The molecule has 0 saturated carbocycles. The Morgan fingerprint density at radius 1 is 1.35 bits per heavy atom. The highest BCUT2D eigenvalue weighted by molar-refractivity contribution is 5.76. The van der Waals surface area contributed by atoms with Crippen LogP contribution in [-0.4, -0.2) is 37.0 Å². The highest BCUT2D eigenvalue weighted by Crippen LogP contribution is 2.31. The lowest BCUT2D eigenvalue weighted by atomic mass is 9.95. The van der Waals surface area contributed by atoms with Crippen molar-refractivity contribution in [1.29, 1.82) is 0 Å². The highest BCUT2D eigenvalue weighted by atomic mass is 16.5. The number of primary amides is 1. The van der Waals surface area contributed by atoms with E-state index in [0.717, 1.165) is 17.7 Å². The van der Waals surface area contributed by atoms with Crippen LogP contribution in [0.15, 0.2) is 24.3 Å². The Kier molecular flexibility index (Phi) is 6.48. The number of carbonyl (C=O) groups is 1. The van der Waals surface area contributed by atoms with Crippen LogP contribution < -0.4 is 16.2 Å². The van der Waals surface area contributed by atoms with Crippen molar-refractivity contribution in [2.45, 2.75) is 32.4 Å². The molecule has 0 spiro atoms. The van der Waals surface area contributed by atoms with Crippen LogP contribution in [0.25, 0.3) is 0 Å². The minimum atomic E-state index is -0.352. The molecule has 1 aromatic carbocycles. The average molecular weight is 279 g/mol. The first-order chi connectivity index (χ1) is 9.54. The van der Waals surface area contributed by atoms with Crippen LogP contribution in [0.1, 0.15) is 31.9 Å². The van der Waals surface area contributed by atoms with Gasteiger partial charge in [0.15, 0.2) is 0 Å². The van der Waals surface area contributed by atoms with Gasteiger partial charge in [0.25, 0.3) is 0 Å². The van der Waals surface area contributed by atoms with Gasteiger partial charge in [-0.2, -0.15) is 0 Å². The summed E-state index contributed by atoms with van der Waals surface area (Å²) in [4.78, 5) is 13.3. The number of benzene rings is 1. The summed E-state index contributed by atoms with van der Waals surface area (Å²) in [5.74, 6) is 0.430. The third-order valence-corrected chi connectivity index (χ3v) is 3.49. The van der Waals surface area contributed by atoms with Crippen molar-refractivity contribution in [2.24, 2.45) is 11.5 Å². The number of ether oxygens (including phenoxy) is 1. The zero-order chi connectivity index (χ0) is 15.1. The lowest BCUT2D eigenvalue weighted by molar-refractivity contribution is -0.119. The van der Waals surface area contributed by atoms with Gasteiger partial charge >= 0.3 is 0 Å². The summed E-state index contributed by atoms with van der Waals surface area (Å²) < 4.78 is 5.42. The number of carbonyl (C=O) groups excluding carboxylic acids is 1. The van der Waals surface area contributed by atoms with Gasteiger partial charge in [-0.05, 0) is 19.0 Å². The Labute approximate surface area is 120 Å². The Bertz CT molecular complexity index is 437. The van der Waals surface area contributed by atoms with Gasteiger partial charge in [0.2, 0.25) is 5.91 Å². The van der Waals surface area contributed by atoms with Crippen molar-refractivity contribution in [1.82, 2.24) is 4.90 Å². The Hall–Kier alpha value is -1.59. The quantitative estimate of drug-likeness (QED) is 0.751. The highest BCUT2D eigenvalue weighted by Gasteiger charge is 2.28. The van der Waals surface area contributed by atoms with Crippen molar-refractivity contribution >= 4 is 5.91 Å². The lowest BCUT2D eigenvalue weighted by Gasteiger charge is -2.34. The standard InChI is InChI=1S/C15H25N3O2/c1-4-12(16)15(18(5-2)10-14(17)19)11-8-6-7-9-13(11)20-3/h6-9,12,15H,4-5,10,16H2,1-3H3,(H2,17,19). The fourth-order valence-corrected chi connectivity index (χ4v) is 2.44. The molecule has 112 valence electrons. The molecule has 0 heterocycles. The minimum Gasteiger partial charge on any atom is -0.496 e. The summed E-state index contributed by atoms with van der Waals surface area (Å²) in [5.41, 5.74) is 12.6. The molecule has 1 amide bonds. The Balaban J connectivity index is 3.19. The minimum absolute atomic E-state index is 0.0892. The van der Waals surface area contributed by atoms with Crippen LogP contribution in [0.2, 0.25) is 0 Å². The molecule has 0 radical (unpaired) electrons. The molecule has 2 unspecified atom stereocenters. The summed E-state index contributed by atoms with van der Waals surface area (Å²) in [5, 5.41) is 0. The molecule has 0 aromatic heterocycles. The molecule has 0 aliphatic rings. The molecule has 1 aromatic rings. The molecule has 0 bridgehead atoms. The fraction of sp³-hybridized carbons (Fsp3) is 0.533. The Morgan fingerprint density at radius 3 is 2.50 bits per heavy atom. The van der Waals surface area contributed by atoms with Crippen LogP contribution in [0.5, 0.6) is 5.75 Å². The van der Waals surface area contributed by atoms with E-state index < -0.39 is 0 Å². The number of methoxy groups -OCH3 is 1. The molecule has 0 aliphatic heterocycles. The number of nitrogens with two attached hydrogens (primary N) is 2. The lowest BCUT2D eigenvalue weighted by Crippen LogP contribution is -2.44. The molecule has 0 saturated heterocycles. The van der Waals surface area contributed by atoms with E-state index in [1.165, 1.54) is 0 Å². The summed E-state index contributed by atoms with van der Waals surface area (Å²) >= 11 is 0. The van der Waals surface area contributed by atoms with E-state index in [1.54, 1.807) is 7.11 Å². The van der Waals surface area contributed by atoms with E-state index in [4.69, 9.17) is 16.2 Å². The largest absolute Gasteiger partial charge is 0.496 e. The number of amides is 1. The molecule has 20 heavy (non-hydrogen) atoms. The molecular weight excluding hydrogens is 254 g/mol. The van der Waals surface area contributed by atoms with Gasteiger partial charge in [-0.15, -0.1) is 0 Å². The van der Waals surface area contributed by atoms with Crippen molar-refractivity contribution in [3.63, 3.8) is 0 Å². The topological polar surface area (TPSA) is 81.6 Å². The number of hydrogen-bond donors (Lipinski definition) is 2. The molecule has 2 atom stereocenters. The van der Waals surface area contributed by atoms with Crippen LogP contribution in [0.4, 0.5) is 0 Å². The van der Waals surface area contributed by atoms with Gasteiger partial charge < -0.3 is 16.2 Å². The normalized spacial score (nSPS) is 14.1. The van der Waals surface area contributed by atoms with Crippen molar-refractivity contribution in [2.75, 3.05) is 20.2 Å². The zero-order valence-electron chi connectivity index (χ0n) is 12.5. The van der Waals surface area contributed by atoms with Crippen molar-refractivity contribution in [3.8, 4) is 5.75 Å². The van der Waals surface area contributed by atoms with Gasteiger partial charge in [-0.3, -0.25) is 9.69 Å². The molecule has 5 nitrogen and oxygen atoms in total. The molecule has 1 rings (SSSR count). The van der Waals surface area contributed by atoms with E-state index in [2.05, 4.69) is 0 Å². The van der Waals surface area contributed by atoms with Crippen molar-refractivity contribution in [3.05, 3.63) is 29.8 Å². The number of likely N-dealkylation sites (N-methyl/N-ethyl adjacent to an activating group) is 1. The number of hydrogen-bond acceptors (Lipinski definition) is 4. The maximum atomic E-state index is 11.3. The van der Waals surface area contributed by atoms with E-state index in [-0.39, 0.29) is 24.5 Å². The maximum Gasteiger partial charge on any atom is 0.231 e. The summed E-state index contributed by atoms with van der Waals surface area (Å²) in [6, 6.07) is 7.58. The second-order valence-corrected chi connectivity index (χ2v) is 4.79. The second kappa shape index (κ2) is 7.87. The summed E-state index contributed by atoms with van der Waals surface area (Å²) in [6.07, 6.45) is 0.804. The zero-order valence-corrected chi connectivity index (χ0v) is 12.5. The number of nitrogens with zero attached hydrogens (tertiary/aromatic N) is 1. The van der Waals surface area contributed by atoms with Crippen LogP contribution >= 0.6 is 0 Å². The average Bonchev–Trinajstić information content (AvgIpc) is 2.46. The molecule has 0 aliphatic carbocycles. The van der Waals surface area contributed by atoms with E-state index in [0.29, 0.717) is 6.54 Å². The molecular formula is C15H25N3O2. The number of rotatable bonds is 8. The van der Waals surface area contributed by atoms with Crippen molar-refractivity contribution < 1.29 is 9.53 Å². The van der Waals surface area contributed by atoms with Gasteiger partial charge in [-0.1, -0.05) is 32.0 Å². The second-order valence-electron chi connectivity index (χ2n) is 4.79. The molecule has 4 N–H and O–H groups in total. The summed E-state index contributed by atoms with van der Waals surface area (Å²) in [7, 11) is 1.64. The van der Waals surface area contributed by atoms with Crippen LogP contribution in [0, 0.1) is 0 Å². The SMILES string of the molecule is CCC(N)C(c1ccccc1OC)N(CC)CC(N)=O. The van der Waals surface area contributed by atoms with Gasteiger partial charge in [0.05, 0.1) is 19.7 Å². The van der Waals surface area contributed by atoms with E-state index in [1.807, 2.05) is 43.0 Å². The monoisotopic (exact) mass is 279 g/mol. The first-order valence-corrected chi connectivity index (χ1v) is 6.95. The van der Waals surface area contributed by atoms with Gasteiger partial charge in [-0.25, -0.2) is 0 Å². The molecule has 0 fully saturated rings. The third-order valence-electron chi connectivity index (χ3n) is 3.49. The van der Waals surface area contributed by atoms with Gasteiger partial charge in [0, 0.05) is 11.6 Å². The Morgan fingerprint density at radius 2 is 2.00 bits per heavy atom. The van der Waals surface area contributed by atoms with Gasteiger partial charge in [0.1, 0.15) is 5.75 Å². The summed E-state index contributed by atoms with van der Waals surface area (Å²) in [6.45, 7) is 4.91. The smallest absolute Gasteiger partial charge is 0.231 e. The predicted molar refractivity (Wildman–Crippen MR) is 80.4 cm³/mol. The van der Waals surface area contributed by atoms with Crippen LogP contribution in [-0.2, 0) is 4.79 Å². The first kappa shape index (κ1) is 16.5. The first-order valence-electron chi connectivity index (χ1n) is 6.95. The maximum absolute atomic E-state index is 11.3. The van der Waals surface area contributed by atoms with E-state index >= 15 is 0 Å². The predicted octanol–water partition coefficient (Wildman–Crippen LogP) is 1.28. The number of para-hydroxylation sites is 1.